The van der Waals surface area contributed by atoms with Gasteiger partial charge in [0.15, 0.2) is 0 Å². The minimum Gasteiger partial charge on any atom is -0.317 e. The summed E-state index contributed by atoms with van der Waals surface area (Å²) in [6, 6.07) is 4.41. The molecule has 2 rings (SSSR count). The van der Waals surface area contributed by atoms with Gasteiger partial charge in [0.25, 0.3) is 0 Å². The lowest BCUT2D eigenvalue weighted by Gasteiger charge is -2.32. The zero-order valence-corrected chi connectivity index (χ0v) is 11.6. The van der Waals surface area contributed by atoms with Crippen LogP contribution in [0.2, 0.25) is 0 Å². The molecule has 1 saturated heterocycles. The molecule has 0 aliphatic carbocycles. The van der Waals surface area contributed by atoms with Gasteiger partial charge in [-0.3, -0.25) is 0 Å². The van der Waals surface area contributed by atoms with Gasteiger partial charge in [0.2, 0.25) is 0 Å². The molecule has 17 heavy (non-hydrogen) atoms. The van der Waals surface area contributed by atoms with Crippen LogP contribution < -0.4 is 5.32 Å². The predicted molar refractivity (Wildman–Crippen MR) is 75.7 cm³/mol. The average Bonchev–Trinajstić information content (AvgIpc) is 2.87. The van der Waals surface area contributed by atoms with E-state index in [0.29, 0.717) is 0 Å². The van der Waals surface area contributed by atoms with E-state index in [1.165, 1.54) is 50.3 Å². The second-order valence-corrected chi connectivity index (χ2v) is 5.98. The highest BCUT2D eigenvalue weighted by Gasteiger charge is 2.18. The molecule has 1 aromatic rings. The van der Waals surface area contributed by atoms with Gasteiger partial charge in [0, 0.05) is 18.0 Å². The number of hydrogen-bond donors (Lipinski definition) is 1. The lowest BCUT2D eigenvalue weighted by atomic mass is 9.98. The summed E-state index contributed by atoms with van der Waals surface area (Å²) >= 11 is 1.89. The fourth-order valence-electron chi connectivity index (χ4n) is 2.59. The molecule has 0 amide bonds. The Bertz CT molecular complexity index is 297. The zero-order chi connectivity index (χ0) is 11.9. The second-order valence-electron chi connectivity index (χ2n) is 4.95. The lowest BCUT2D eigenvalue weighted by molar-refractivity contribution is 0.175. The van der Waals surface area contributed by atoms with Crippen LogP contribution in [0.5, 0.6) is 0 Å². The first-order valence-corrected chi connectivity index (χ1v) is 7.72. The van der Waals surface area contributed by atoms with Crippen LogP contribution >= 0.6 is 11.3 Å². The third kappa shape index (κ3) is 4.41. The minimum atomic E-state index is 0.868. The van der Waals surface area contributed by atoms with E-state index in [0.717, 1.165) is 12.5 Å². The van der Waals surface area contributed by atoms with Crippen molar-refractivity contribution in [2.45, 2.75) is 26.2 Å². The Morgan fingerprint density at radius 2 is 2.47 bits per heavy atom. The molecule has 0 saturated carbocycles. The average molecular weight is 252 g/mol. The summed E-state index contributed by atoms with van der Waals surface area (Å²) in [7, 11) is 0. The standard InChI is InChI=1S/C14H24N2S/c1-2-15-11-13-5-3-8-16(12-13)9-7-14-6-4-10-17-14/h4,6,10,13,15H,2-3,5,7-9,11-12H2,1H3. The summed E-state index contributed by atoms with van der Waals surface area (Å²) in [4.78, 5) is 4.17. The van der Waals surface area contributed by atoms with Crippen LogP contribution in [0.3, 0.4) is 0 Å². The van der Waals surface area contributed by atoms with Gasteiger partial charge >= 0.3 is 0 Å². The molecule has 1 aliphatic heterocycles. The summed E-state index contributed by atoms with van der Waals surface area (Å²) < 4.78 is 0. The Kier molecular flexibility index (Phi) is 5.49. The molecule has 2 heterocycles. The fourth-order valence-corrected chi connectivity index (χ4v) is 3.29. The highest BCUT2D eigenvalue weighted by atomic mass is 32.1. The third-order valence-electron chi connectivity index (χ3n) is 3.54. The molecule has 96 valence electrons. The van der Waals surface area contributed by atoms with Crippen LogP contribution in [0.1, 0.15) is 24.6 Å². The summed E-state index contributed by atoms with van der Waals surface area (Å²) in [5.41, 5.74) is 0. The van der Waals surface area contributed by atoms with Gasteiger partial charge in [0.05, 0.1) is 0 Å². The van der Waals surface area contributed by atoms with E-state index in [1.807, 2.05) is 11.3 Å². The van der Waals surface area contributed by atoms with Gasteiger partial charge in [-0.2, -0.15) is 0 Å². The van der Waals surface area contributed by atoms with E-state index in [9.17, 15) is 0 Å². The monoisotopic (exact) mass is 252 g/mol. The van der Waals surface area contributed by atoms with Gasteiger partial charge in [0.1, 0.15) is 0 Å². The molecule has 0 aromatic carbocycles. The third-order valence-corrected chi connectivity index (χ3v) is 4.48. The smallest absolute Gasteiger partial charge is 0.00579 e. The maximum absolute atomic E-state index is 3.48. The van der Waals surface area contributed by atoms with Gasteiger partial charge in [-0.1, -0.05) is 13.0 Å². The van der Waals surface area contributed by atoms with Crippen molar-refractivity contribution in [1.82, 2.24) is 10.2 Å². The van der Waals surface area contributed by atoms with Crippen LogP contribution in [0.25, 0.3) is 0 Å². The van der Waals surface area contributed by atoms with Crippen LogP contribution in [-0.2, 0) is 6.42 Å². The molecule has 2 nitrogen and oxygen atoms in total. The van der Waals surface area contributed by atoms with E-state index in [1.54, 1.807) is 0 Å². The van der Waals surface area contributed by atoms with Crippen molar-refractivity contribution < 1.29 is 0 Å². The number of rotatable bonds is 6. The highest BCUT2D eigenvalue weighted by molar-refractivity contribution is 7.09. The predicted octanol–water partition coefficient (Wildman–Crippen LogP) is 2.61. The molecular formula is C14H24N2S. The van der Waals surface area contributed by atoms with E-state index in [2.05, 4.69) is 34.7 Å². The van der Waals surface area contributed by atoms with Crippen LogP contribution in [0, 0.1) is 5.92 Å². The Balaban J connectivity index is 1.69. The largest absolute Gasteiger partial charge is 0.317 e. The number of piperidine rings is 1. The molecular weight excluding hydrogens is 228 g/mol. The first-order valence-electron chi connectivity index (χ1n) is 6.84. The number of thiophene rings is 1. The van der Waals surface area contributed by atoms with Crippen molar-refractivity contribution in [2.75, 3.05) is 32.7 Å². The molecule has 1 fully saturated rings. The van der Waals surface area contributed by atoms with E-state index in [-0.39, 0.29) is 0 Å². The molecule has 1 atom stereocenters. The lowest BCUT2D eigenvalue weighted by Crippen LogP contribution is -2.40. The molecule has 0 bridgehead atoms. The summed E-state index contributed by atoms with van der Waals surface area (Å²) in [5.74, 6) is 0.868. The van der Waals surface area contributed by atoms with Crippen molar-refractivity contribution in [1.29, 1.82) is 0 Å². The normalized spacial score (nSPS) is 21.8. The summed E-state index contributed by atoms with van der Waals surface area (Å²) in [5, 5.41) is 5.66. The van der Waals surface area contributed by atoms with Crippen LogP contribution in [0.4, 0.5) is 0 Å². The van der Waals surface area contributed by atoms with Crippen molar-refractivity contribution >= 4 is 11.3 Å². The molecule has 1 aliphatic rings. The minimum absolute atomic E-state index is 0.868. The van der Waals surface area contributed by atoms with Gasteiger partial charge < -0.3 is 10.2 Å². The molecule has 1 N–H and O–H groups in total. The van der Waals surface area contributed by atoms with Gasteiger partial charge in [-0.05, 0) is 56.3 Å². The Hall–Kier alpha value is -0.380. The Labute approximate surface area is 109 Å². The topological polar surface area (TPSA) is 15.3 Å². The number of likely N-dealkylation sites (tertiary alicyclic amines) is 1. The summed E-state index contributed by atoms with van der Waals surface area (Å²) in [6.45, 7) is 8.32. The van der Waals surface area contributed by atoms with Crippen molar-refractivity contribution in [3.63, 3.8) is 0 Å². The van der Waals surface area contributed by atoms with Gasteiger partial charge in [-0.25, -0.2) is 0 Å². The first kappa shape index (κ1) is 13.1. The quantitative estimate of drug-likeness (QED) is 0.837. The second kappa shape index (κ2) is 7.14. The number of nitrogens with one attached hydrogen (secondary N) is 1. The molecule has 3 heteroatoms. The fraction of sp³-hybridized carbons (Fsp3) is 0.714. The summed E-state index contributed by atoms with van der Waals surface area (Å²) in [6.07, 6.45) is 4.01. The SMILES string of the molecule is CCNCC1CCCN(CCc2cccs2)C1. The maximum atomic E-state index is 3.48. The van der Waals surface area contributed by atoms with Crippen LogP contribution in [0.15, 0.2) is 17.5 Å². The Morgan fingerprint density at radius 1 is 1.53 bits per heavy atom. The number of hydrogen-bond acceptors (Lipinski definition) is 3. The van der Waals surface area contributed by atoms with Crippen LogP contribution in [-0.4, -0.2) is 37.6 Å². The molecule has 1 unspecified atom stereocenters. The first-order chi connectivity index (χ1) is 8.38. The van der Waals surface area contributed by atoms with E-state index < -0.39 is 0 Å². The zero-order valence-electron chi connectivity index (χ0n) is 10.8. The molecule has 0 radical (unpaired) electrons. The highest BCUT2D eigenvalue weighted by Crippen LogP contribution is 2.17. The molecule has 1 aromatic heterocycles. The van der Waals surface area contributed by atoms with Crippen molar-refractivity contribution in [3.05, 3.63) is 22.4 Å². The van der Waals surface area contributed by atoms with Crippen molar-refractivity contribution in [2.24, 2.45) is 5.92 Å². The van der Waals surface area contributed by atoms with E-state index in [4.69, 9.17) is 0 Å². The Morgan fingerprint density at radius 3 is 3.24 bits per heavy atom. The van der Waals surface area contributed by atoms with E-state index >= 15 is 0 Å². The maximum Gasteiger partial charge on any atom is 0.00579 e. The van der Waals surface area contributed by atoms with Crippen molar-refractivity contribution in [3.8, 4) is 0 Å². The van der Waals surface area contributed by atoms with Gasteiger partial charge in [-0.15, -0.1) is 11.3 Å². The number of nitrogens with zero attached hydrogens (tertiary/aromatic N) is 1. The molecule has 0 spiro atoms.